The van der Waals surface area contributed by atoms with E-state index in [9.17, 15) is 14.7 Å². The maximum atomic E-state index is 12.3. The number of rotatable bonds is 6. The Labute approximate surface area is 156 Å². The van der Waals surface area contributed by atoms with E-state index in [-0.39, 0.29) is 6.61 Å². The molecule has 1 unspecified atom stereocenters. The van der Waals surface area contributed by atoms with E-state index >= 15 is 0 Å². The zero-order chi connectivity index (χ0) is 19.2. The van der Waals surface area contributed by atoms with Gasteiger partial charge in [-0.3, -0.25) is 0 Å². The van der Waals surface area contributed by atoms with E-state index in [1.807, 2.05) is 0 Å². The van der Waals surface area contributed by atoms with Crippen molar-refractivity contribution in [2.45, 2.75) is 24.6 Å². The third kappa shape index (κ3) is 4.51. The number of benzene rings is 2. The van der Waals surface area contributed by atoms with Crippen molar-refractivity contribution in [3.05, 3.63) is 71.8 Å². The fraction of sp³-hybridized carbons (Fsp3) is 0.300. The smallest absolute Gasteiger partial charge is 0.338 e. The Morgan fingerprint density at radius 2 is 1.52 bits per heavy atom. The third-order valence-electron chi connectivity index (χ3n) is 4.16. The maximum Gasteiger partial charge on any atom is 0.338 e. The number of aliphatic hydroxyl groups excluding tert-OH is 1. The van der Waals surface area contributed by atoms with Crippen LogP contribution in [0.3, 0.4) is 0 Å². The summed E-state index contributed by atoms with van der Waals surface area (Å²) < 4.78 is 21.2. The van der Waals surface area contributed by atoms with Gasteiger partial charge in [-0.1, -0.05) is 36.4 Å². The Morgan fingerprint density at radius 1 is 0.963 bits per heavy atom. The lowest BCUT2D eigenvalue weighted by Gasteiger charge is -2.20. The van der Waals surface area contributed by atoms with Gasteiger partial charge in [0.1, 0.15) is 18.8 Å². The number of carbonyl (C=O) groups is 2. The van der Waals surface area contributed by atoms with Crippen LogP contribution in [0.25, 0.3) is 0 Å². The Hall–Kier alpha value is -2.74. The SMILES string of the molecule is CO[C@@H]1O[C@H](COC(=O)c2ccccc2)[C@H](OC(=O)c2ccccc2)C1O. The zero-order valence-corrected chi connectivity index (χ0v) is 14.7. The monoisotopic (exact) mass is 372 g/mol. The van der Waals surface area contributed by atoms with Crippen LogP contribution in [-0.4, -0.2) is 55.4 Å². The largest absolute Gasteiger partial charge is 0.459 e. The molecule has 3 rings (SSSR count). The molecule has 0 bridgehead atoms. The van der Waals surface area contributed by atoms with Crippen molar-refractivity contribution in [1.29, 1.82) is 0 Å². The standard InChI is InChI=1S/C20H20O7/c1-24-20-16(21)17(27-19(23)14-10-6-3-7-11-14)15(26-20)12-25-18(22)13-8-4-2-5-9-13/h2-11,15-17,20-21H,12H2,1H3/t15-,16?,17+,20-/m1/s1. The lowest BCUT2D eigenvalue weighted by atomic mass is 10.1. The summed E-state index contributed by atoms with van der Waals surface area (Å²) in [6.45, 7) is -0.197. The van der Waals surface area contributed by atoms with Crippen molar-refractivity contribution >= 4 is 11.9 Å². The van der Waals surface area contributed by atoms with Gasteiger partial charge < -0.3 is 24.1 Å². The second-order valence-corrected chi connectivity index (χ2v) is 5.97. The lowest BCUT2D eigenvalue weighted by Crippen LogP contribution is -2.39. The molecule has 1 N–H and O–H groups in total. The predicted octanol–water partition coefficient (Wildman–Crippen LogP) is 1.80. The second-order valence-electron chi connectivity index (χ2n) is 5.97. The van der Waals surface area contributed by atoms with Gasteiger partial charge in [0, 0.05) is 7.11 Å². The molecule has 1 heterocycles. The molecule has 7 nitrogen and oxygen atoms in total. The van der Waals surface area contributed by atoms with E-state index in [1.165, 1.54) is 7.11 Å². The molecule has 1 aliphatic rings. The lowest BCUT2D eigenvalue weighted by molar-refractivity contribution is -0.153. The summed E-state index contributed by atoms with van der Waals surface area (Å²) in [5.74, 6) is -1.15. The van der Waals surface area contributed by atoms with Gasteiger partial charge in [-0.15, -0.1) is 0 Å². The first-order chi connectivity index (χ1) is 13.1. The fourth-order valence-corrected chi connectivity index (χ4v) is 2.76. The first kappa shape index (κ1) is 19.0. The minimum Gasteiger partial charge on any atom is -0.459 e. The molecule has 0 radical (unpaired) electrons. The Kier molecular flexibility index (Phi) is 6.18. The summed E-state index contributed by atoms with van der Waals surface area (Å²) in [4.78, 5) is 24.4. The number of carbonyl (C=O) groups excluding carboxylic acids is 2. The highest BCUT2D eigenvalue weighted by Crippen LogP contribution is 2.26. The molecule has 27 heavy (non-hydrogen) atoms. The van der Waals surface area contributed by atoms with Crippen molar-refractivity contribution in [1.82, 2.24) is 0 Å². The molecule has 4 atom stereocenters. The highest BCUT2D eigenvalue weighted by molar-refractivity contribution is 5.90. The minimum absolute atomic E-state index is 0.197. The average molecular weight is 372 g/mol. The molecule has 7 heteroatoms. The van der Waals surface area contributed by atoms with Crippen LogP contribution < -0.4 is 0 Å². The number of ether oxygens (including phenoxy) is 4. The molecule has 0 saturated carbocycles. The number of esters is 2. The molecule has 142 valence electrons. The molecule has 2 aromatic rings. The summed E-state index contributed by atoms with van der Waals surface area (Å²) >= 11 is 0. The first-order valence-electron chi connectivity index (χ1n) is 8.44. The van der Waals surface area contributed by atoms with Crippen LogP contribution in [0.1, 0.15) is 20.7 Å². The highest BCUT2D eigenvalue weighted by atomic mass is 16.7. The number of hydrogen-bond donors (Lipinski definition) is 1. The molecule has 1 fully saturated rings. The number of methoxy groups -OCH3 is 1. The van der Waals surface area contributed by atoms with Gasteiger partial charge in [0.15, 0.2) is 12.4 Å². The molecule has 0 spiro atoms. The van der Waals surface area contributed by atoms with Crippen LogP contribution in [0, 0.1) is 0 Å². The highest BCUT2D eigenvalue weighted by Gasteiger charge is 2.47. The Bertz CT molecular complexity index is 762. The van der Waals surface area contributed by atoms with Crippen LogP contribution in [0.5, 0.6) is 0 Å². The molecular formula is C20H20O7. The molecule has 1 aliphatic heterocycles. The normalized spacial score (nSPS) is 24.4. The van der Waals surface area contributed by atoms with Crippen LogP contribution in [0.2, 0.25) is 0 Å². The van der Waals surface area contributed by atoms with Crippen molar-refractivity contribution in [3.63, 3.8) is 0 Å². The van der Waals surface area contributed by atoms with Crippen LogP contribution in [0.4, 0.5) is 0 Å². The van der Waals surface area contributed by atoms with E-state index in [1.54, 1.807) is 60.7 Å². The second kappa shape index (κ2) is 8.77. The van der Waals surface area contributed by atoms with E-state index in [2.05, 4.69) is 0 Å². The van der Waals surface area contributed by atoms with E-state index in [4.69, 9.17) is 18.9 Å². The molecular weight excluding hydrogens is 352 g/mol. The maximum absolute atomic E-state index is 12.3. The van der Waals surface area contributed by atoms with Crippen LogP contribution in [0.15, 0.2) is 60.7 Å². The van der Waals surface area contributed by atoms with Gasteiger partial charge in [-0.25, -0.2) is 9.59 Å². The topological polar surface area (TPSA) is 91.3 Å². The van der Waals surface area contributed by atoms with Gasteiger partial charge in [0.05, 0.1) is 11.1 Å². The van der Waals surface area contributed by atoms with Crippen molar-refractivity contribution in [2.24, 2.45) is 0 Å². The average Bonchev–Trinajstić information content (AvgIpc) is 3.02. The van der Waals surface area contributed by atoms with Crippen molar-refractivity contribution in [2.75, 3.05) is 13.7 Å². The van der Waals surface area contributed by atoms with Crippen molar-refractivity contribution in [3.8, 4) is 0 Å². The van der Waals surface area contributed by atoms with Gasteiger partial charge >= 0.3 is 11.9 Å². The predicted molar refractivity (Wildman–Crippen MR) is 94.0 cm³/mol. The third-order valence-corrected chi connectivity index (χ3v) is 4.16. The quantitative estimate of drug-likeness (QED) is 0.773. The molecule has 1 saturated heterocycles. The summed E-state index contributed by atoms with van der Waals surface area (Å²) in [6, 6.07) is 16.9. The molecule has 2 aromatic carbocycles. The van der Waals surface area contributed by atoms with Crippen molar-refractivity contribution < 1.29 is 33.6 Å². The van der Waals surface area contributed by atoms with Crippen LogP contribution in [-0.2, 0) is 18.9 Å². The minimum atomic E-state index is -1.21. The van der Waals surface area contributed by atoms with Gasteiger partial charge in [0.25, 0.3) is 0 Å². The Balaban J connectivity index is 1.66. The number of hydrogen-bond acceptors (Lipinski definition) is 7. The van der Waals surface area contributed by atoms with Crippen LogP contribution >= 0.6 is 0 Å². The number of aliphatic hydroxyl groups is 1. The fourth-order valence-electron chi connectivity index (χ4n) is 2.76. The zero-order valence-electron chi connectivity index (χ0n) is 14.7. The van der Waals surface area contributed by atoms with E-state index in [0.717, 1.165) is 0 Å². The first-order valence-corrected chi connectivity index (χ1v) is 8.44. The molecule has 0 aromatic heterocycles. The summed E-state index contributed by atoms with van der Waals surface area (Å²) in [5.41, 5.74) is 0.725. The van der Waals surface area contributed by atoms with Gasteiger partial charge in [-0.2, -0.15) is 0 Å². The Morgan fingerprint density at radius 3 is 2.07 bits per heavy atom. The van der Waals surface area contributed by atoms with Gasteiger partial charge in [0.2, 0.25) is 0 Å². The summed E-state index contributed by atoms with van der Waals surface area (Å²) in [7, 11) is 1.36. The summed E-state index contributed by atoms with van der Waals surface area (Å²) in [5, 5.41) is 10.3. The molecule has 0 aliphatic carbocycles. The summed E-state index contributed by atoms with van der Waals surface area (Å²) in [6.07, 6.45) is -4.08. The van der Waals surface area contributed by atoms with E-state index in [0.29, 0.717) is 11.1 Å². The molecule has 0 amide bonds. The van der Waals surface area contributed by atoms with E-state index < -0.39 is 36.5 Å². The van der Waals surface area contributed by atoms with Gasteiger partial charge in [-0.05, 0) is 24.3 Å².